The number of aliphatic hydroxyl groups excluding tert-OH is 1. The van der Waals surface area contributed by atoms with E-state index in [1.165, 1.54) is 19.3 Å². The molecule has 0 saturated carbocycles. The standard InChI is InChI=1S/C26H37NO4/c1-2-3-4-5-7-10-23(28)19-22-13-15-26(16-14-22)30-18-17-27-20-24(29)21-31-25-11-8-6-9-12-25/h6,8-9,11-16,24,27,29H,2-5,7,10,17-21H2,1H3. The quantitative estimate of drug-likeness (QED) is 0.362. The molecule has 0 fully saturated rings. The summed E-state index contributed by atoms with van der Waals surface area (Å²) in [6.07, 6.45) is 6.46. The second kappa shape index (κ2) is 15.4. The third-order valence-electron chi connectivity index (χ3n) is 5.00. The van der Waals surface area contributed by atoms with Crippen LogP contribution in [0.5, 0.6) is 11.5 Å². The van der Waals surface area contributed by atoms with Gasteiger partial charge in [0, 0.05) is 25.9 Å². The van der Waals surface area contributed by atoms with E-state index in [1.54, 1.807) is 0 Å². The van der Waals surface area contributed by atoms with Gasteiger partial charge >= 0.3 is 0 Å². The molecular weight excluding hydrogens is 390 g/mol. The fourth-order valence-corrected chi connectivity index (χ4v) is 3.22. The van der Waals surface area contributed by atoms with Gasteiger partial charge in [-0.1, -0.05) is 62.9 Å². The van der Waals surface area contributed by atoms with Gasteiger partial charge in [0.15, 0.2) is 0 Å². The Bertz CT molecular complexity index is 718. The molecule has 0 amide bonds. The molecule has 0 aliphatic rings. The molecule has 0 aliphatic heterocycles. The van der Waals surface area contributed by atoms with Crippen LogP contribution in [0.25, 0.3) is 0 Å². The van der Waals surface area contributed by atoms with Crippen molar-refractivity contribution in [1.29, 1.82) is 0 Å². The minimum atomic E-state index is -0.580. The molecule has 0 bridgehead atoms. The number of benzene rings is 2. The average molecular weight is 428 g/mol. The maximum absolute atomic E-state index is 12.1. The molecule has 2 aromatic rings. The van der Waals surface area contributed by atoms with Crippen LogP contribution in [0.3, 0.4) is 0 Å². The van der Waals surface area contributed by atoms with Crippen LogP contribution in [-0.2, 0) is 11.2 Å². The van der Waals surface area contributed by atoms with Crippen LogP contribution in [0.2, 0.25) is 0 Å². The van der Waals surface area contributed by atoms with Gasteiger partial charge in [0.2, 0.25) is 0 Å². The van der Waals surface area contributed by atoms with Crippen molar-refractivity contribution in [3.05, 3.63) is 60.2 Å². The van der Waals surface area contributed by atoms with Gasteiger partial charge in [0.05, 0.1) is 0 Å². The molecule has 1 unspecified atom stereocenters. The first-order valence-electron chi connectivity index (χ1n) is 11.5. The third kappa shape index (κ3) is 11.6. The number of ether oxygens (including phenoxy) is 2. The zero-order valence-electron chi connectivity index (χ0n) is 18.7. The molecule has 5 heteroatoms. The van der Waals surface area contributed by atoms with Crippen molar-refractivity contribution in [2.24, 2.45) is 0 Å². The Morgan fingerprint density at radius 1 is 0.935 bits per heavy atom. The number of rotatable bonds is 17. The van der Waals surface area contributed by atoms with Crippen LogP contribution >= 0.6 is 0 Å². The van der Waals surface area contributed by atoms with Crippen LogP contribution in [-0.4, -0.2) is 43.3 Å². The Labute approximate surface area is 186 Å². The zero-order valence-corrected chi connectivity index (χ0v) is 18.7. The van der Waals surface area contributed by atoms with E-state index in [-0.39, 0.29) is 6.61 Å². The van der Waals surface area contributed by atoms with Crippen LogP contribution in [0.1, 0.15) is 51.0 Å². The van der Waals surface area contributed by atoms with E-state index in [9.17, 15) is 9.90 Å². The van der Waals surface area contributed by atoms with Crippen LogP contribution < -0.4 is 14.8 Å². The highest BCUT2D eigenvalue weighted by Crippen LogP contribution is 2.14. The Morgan fingerprint density at radius 3 is 2.39 bits per heavy atom. The van der Waals surface area contributed by atoms with Gasteiger partial charge in [-0.3, -0.25) is 4.79 Å². The summed E-state index contributed by atoms with van der Waals surface area (Å²) in [7, 11) is 0. The Hall–Kier alpha value is -2.37. The first kappa shape index (κ1) is 24.9. The average Bonchev–Trinajstić information content (AvgIpc) is 2.79. The van der Waals surface area contributed by atoms with Crippen molar-refractivity contribution in [3.63, 3.8) is 0 Å². The second-order valence-corrected chi connectivity index (χ2v) is 7.85. The molecule has 1 atom stereocenters. The number of carbonyl (C=O) groups excluding carboxylic acids is 1. The van der Waals surface area contributed by atoms with Gasteiger partial charge in [-0.2, -0.15) is 0 Å². The zero-order chi connectivity index (χ0) is 22.2. The number of nitrogens with one attached hydrogen (secondary N) is 1. The molecule has 0 spiro atoms. The maximum Gasteiger partial charge on any atom is 0.137 e. The molecule has 5 nitrogen and oxygen atoms in total. The molecule has 31 heavy (non-hydrogen) atoms. The number of hydrogen-bond donors (Lipinski definition) is 2. The Morgan fingerprint density at radius 2 is 1.65 bits per heavy atom. The van der Waals surface area contributed by atoms with Gasteiger partial charge in [0.1, 0.15) is 36.6 Å². The van der Waals surface area contributed by atoms with E-state index in [0.29, 0.717) is 38.3 Å². The number of ketones is 1. The van der Waals surface area contributed by atoms with Gasteiger partial charge in [-0.05, 0) is 36.2 Å². The highest BCUT2D eigenvalue weighted by molar-refractivity contribution is 5.80. The summed E-state index contributed by atoms with van der Waals surface area (Å²) < 4.78 is 11.2. The van der Waals surface area contributed by atoms with E-state index in [1.807, 2.05) is 54.6 Å². The molecule has 170 valence electrons. The van der Waals surface area contributed by atoms with Crippen molar-refractivity contribution in [1.82, 2.24) is 5.32 Å². The van der Waals surface area contributed by atoms with Crippen molar-refractivity contribution in [3.8, 4) is 11.5 Å². The number of aliphatic hydroxyl groups is 1. The monoisotopic (exact) mass is 427 g/mol. The van der Waals surface area contributed by atoms with E-state index in [4.69, 9.17) is 9.47 Å². The van der Waals surface area contributed by atoms with E-state index in [2.05, 4.69) is 12.2 Å². The number of Topliss-reactive ketones (excluding diaryl/α,β-unsaturated/α-hetero) is 1. The molecule has 0 heterocycles. The summed E-state index contributed by atoms with van der Waals surface area (Å²) in [5, 5.41) is 13.1. The van der Waals surface area contributed by atoms with Gasteiger partial charge < -0.3 is 19.9 Å². The predicted octanol–water partition coefficient (Wildman–Crippen LogP) is 4.57. The molecular formula is C26H37NO4. The first-order valence-corrected chi connectivity index (χ1v) is 11.5. The lowest BCUT2D eigenvalue weighted by Crippen LogP contribution is -2.33. The molecule has 2 rings (SSSR count). The van der Waals surface area contributed by atoms with E-state index < -0.39 is 6.10 Å². The van der Waals surface area contributed by atoms with Crippen LogP contribution in [0.15, 0.2) is 54.6 Å². The Balaban J connectivity index is 1.53. The van der Waals surface area contributed by atoms with Gasteiger partial charge in [0.25, 0.3) is 0 Å². The highest BCUT2D eigenvalue weighted by atomic mass is 16.5. The molecule has 0 aliphatic carbocycles. The molecule has 0 saturated heterocycles. The lowest BCUT2D eigenvalue weighted by atomic mass is 10.0. The number of unbranched alkanes of at least 4 members (excludes halogenated alkanes) is 4. The van der Waals surface area contributed by atoms with Crippen LogP contribution in [0, 0.1) is 0 Å². The van der Waals surface area contributed by atoms with Gasteiger partial charge in [-0.25, -0.2) is 0 Å². The minimum Gasteiger partial charge on any atom is -0.492 e. The van der Waals surface area contributed by atoms with Gasteiger partial charge in [-0.15, -0.1) is 0 Å². The fourth-order valence-electron chi connectivity index (χ4n) is 3.22. The lowest BCUT2D eigenvalue weighted by molar-refractivity contribution is -0.118. The molecule has 2 aromatic carbocycles. The summed E-state index contributed by atoms with van der Waals surface area (Å²) >= 11 is 0. The third-order valence-corrected chi connectivity index (χ3v) is 5.00. The summed E-state index contributed by atoms with van der Waals surface area (Å²) in [6.45, 7) is 4.01. The topological polar surface area (TPSA) is 67.8 Å². The molecule has 0 aromatic heterocycles. The smallest absolute Gasteiger partial charge is 0.137 e. The fraction of sp³-hybridized carbons (Fsp3) is 0.500. The molecule has 2 N–H and O–H groups in total. The van der Waals surface area contributed by atoms with Crippen molar-refractivity contribution in [2.75, 3.05) is 26.3 Å². The number of para-hydroxylation sites is 1. The largest absolute Gasteiger partial charge is 0.492 e. The minimum absolute atomic E-state index is 0.247. The van der Waals surface area contributed by atoms with Crippen LogP contribution in [0.4, 0.5) is 0 Å². The normalized spacial score (nSPS) is 11.8. The summed E-state index contributed by atoms with van der Waals surface area (Å²) in [5.74, 6) is 1.84. The first-order chi connectivity index (χ1) is 15.2. The number of carbonyl (C=O) groups is 1. The highest BCUT2D eigenvalue weighted by Gasteiger charge is 2.06. The molecule has 0 radical (unpaired) electrons. The summed E-state index contributed by atoms with van der Waals surface area (Å²) in [5.41, 5.74) is 1.03. The van der Waals surface area contributed by atoms with Crippen molar-refractivity contribution in [2.45, 2.75) is 58.0 Å². The van der Waals surface area contributed by atoms with Crippen molar-refractivity contribution >= 4 is 5.78 Å². The Kier molecular flexibility index (Phi) is 12.4. The summed E-state index contributed by atoms with van der Waals surface area (Å²) in [4.78, 5) is 12.1. The maximum atomic E-state index is 12.1. The second-order valence-electron chi connectivity index (χ2n) is 7.85. The lowest BCUT2D eigenvalue weighted by Gasteiger charge is -2.13. The van der Waals surface area contributed by atoms with E-state index in [0.717, 1.165) is 29.9 Å². The SMILES string of the molecule is CCCCCCCC(=O)Cc1ccc(OCCNCC(O)COc2ccccc2)cc1. The van der Waals surface area contributed by atoms with Crippen molar-refractivity contribution < 1.29 is 19.4 Å². The predicted molar refractivity (Wildman–Crippen MR) is 125 cm³/mol. The van der Waals surface area contributed by atoms with E-state index >= 15 is 0 Å². The number of hydrogen-bond acceptors (Lipinski definition) is 5. The summed E-state index contributed by atoms with van der Waals surface area (Å²) in [6, 6.07) is 17.2.